The summed E-state index contributed by atoms with van der Waals surface area (Å²) in [6.45, 7) is 13.8. The largest absolute Gasteiger partial charge is 0.460 e. The molecule has 0 bridgehead atoms. The van der Waals surface area contributed by atoms with Gasteiger partial charge in [-0.25, -0.2) is 4.79 Å². The highest BCUT2D eigenvalue weighted by Gasteiger charge is 2.49. The Morgan fingerprint density at radius 3 is 2.42 bits per heavy atom. The second-order valence-electron chi connectivity index (χ2n) is 7.00. The second-order valence-corrected chi connectivity index (χ2v) is 7.00. The van der Waals surface area contributed by atoms with Crippen LogP contribution in [0.1, 0.15) is 34.6 Å². The SMILES string of the molecule is C=C(C)C(=O)OCCOCC1OC(C)(C)OC1C1COC(C)(C)O1. The average Bonchev–Trinajstić information content (AvgIpc) is 2.97. The molecule has 3 unspecified atom stereocenters. The zero-order chi connectivity index (χ0) is 18.0. The Morgan fingerprint density at radius 2 is 1.83 bits per heavy atom. The van der Waals surface area contributed by atoms with Crippen LogP contribution in [0.25, 0.3) is 0 Å². The van der Waals surface area contributed by atoms with Gasteiger partial charge in [0.15, 0.2) is 11.6 Å². The van der Waals surface area contributed by atoms with Crippen molar-refractivity contribution >= 4 is 5.97 Å². The van der Waals surface area contributed by atoms with Crippen LogP contribution in [0.15, 0.2) is 12.2 Å². The van der Waals surface area contributed by atoms with Crippen molar-refractivity contribution in [3.63, 3.8) is 0 Å². The fraction of sp³-hybridized carbons (Fsp3) is 0.824. The van der Waals surface area contributed by atoms with Gasteiger partial charge >= 0.3 is 5.97 Å². The molecule has 2 saturated heterocycles. The normalized spacial score (nSPS) is 31.1. The van der Waals surface area contributed by atoms with Crippen LogP contribution in [-0.4, -0.2) is 62.3 Å². The van der Waals surface area contributed by atoms with Crippen LogP contribution in [0.3, 0.4) is 0 Å². The second kappa shape index (κ2) is 7.49. The van der Waals surface area contributed by atoms with Crippen LogP contribution in [0.4, 0.5) is 0 Å². The molecule has 0 amide bonds. The van der Waals surface area contributed by atoms with Crippen LogP contribution >= 0.6 is 0 Å². The van der Waals surface area contributed by atoms with Gasteiger partial charge in [0, 0.05) is 5.57 Å². The molecule has 138 valence electrons. The van der Waals surface area contributed by atoms with Crippen molar-refractivity contribution in [1.82, 2.24) is 0 Å². The molecule has 0 aromatic rings. The van der Waals surface area contributed by atoms with Gasteiger partial charge < -0.3 is 28.4 Å². The van der Waals surface area contributed by atoms with Gasteiger partial charge in [0.05, 0.1) is 19.8 Å². The number of rotatable bonds is 7. The summed E-state index contributed by atoms with van der Waals surface area (Å²) in [4.78, 5) is 11.3. The third-order valence-electron chi connectivity index (χ3n) is 3.71. The number of esters is 1. The van der Waals surface area contributed by atoms with E-state index in [0.29, 0.717) is 18.8 Å². The van der Waals surface area contributed by atoms with E-state index in [1.807, 2.05) is 27.7 Å². The molecular weight excluding hydrogens is 316 g/mol. The smallest absolute Gasteiger partial charge is 0.333 e. The quantitative estimate of drug-likeness (QED) is 0.396. The van der Waals surface area contributed by atoms with Gasteiger partial charge in [0.25, 0.3) is 0 Å². The van der Waals surface area contributed by atoms with Gasteiger partial charge in [-0.2, -0.15) is 0 Å². The van der Waals surface area contributed by atoms with Gasteiger partial charge in [-0.15, -0.1) is 0 Å². The van der Waals surface area contributed by atoms with Crippen LogP contribution in [0, 0.1) is 0 Å². The van der Waals surface area contributed by atoms with E-state index >= 15 is 0 Å². The molecule has 2 heterocycles. The lowest BCUT2D eigenvalue weighted by atomic mass is 10.1. The van der Waals surface area contributed by atoms with Crippen LogP contribution in [-0.2, 0) is 33.2 Å². The first kappa shape index (κ1) is 19.3. The van der Waals surface area contributed by atoms with Crippen molar-refractivity contribution in [3.8, 4) is 0 Å². The highest BCUT2D eigenvalue weighted by molar-refractivity contribution is 5.86. The average molecular weight is 344 g/mol. The van der Waals surface area contributed by atoms with E-state index in [2.05, 4.69) is 6.58 Å². The molecule has 2 aliphatic rings. The molecule has 2 rings (SSSR count). The monoisotopic (exact) mass is 344 g/mol. The Hall–Kier alpha value is -0.990. The maximum atomic E-state index is 11.3. The number of carbonyl (C=O) groups excluding carboxylic acids is 1. The van der Waals surface area contributed by atoms with Crippen molar-refractivity contribution < 1.29 is 33.2 Å². The zero-order valence-corrected chi connectivity index (χ0v) is 15.1. The maximum absolute atomic E-state index is 11.3. The summed E-state index contributed by atoms with van der Waals surface area (Å²) in [5.41, 5.74) is 0.366. The van der Waals surface area contributed by atoms with Crippen molar-refractivity contribution in [2.45, 2.75) is 64.5 Å². The van der Waals surface area contributed by atoms with Gasteiger partial charge in [0.1, 0.15) is 24.9 Å². The standard InChI is InChI=1S/C17H28O7/c1-11(2)15(18)20-8-7-19-9-12-14(24-17(5,6)23-12)13-10-21-16(3,4)22-13/h12-14H,1,7-10H2,2-6H3. The van der Waals surface area contributed by atoms with Gasteiger partial charge in [-0.1, -0.05) is 6.58 Å². The molecule has 2 aliphatic heterocycles. The molecule has 0 aromatic carbocycles. The Kier molecular flexibility index (Phi) is 6.04. The molecule has 0 N–H and O–H groups in total. The predicted molar refractivity (Wildman–Crippen MR) is 85.3 cm³/mol. The Balaban J connectivity index is 1.79. The molecule has 0 saturated carbocycles. The van der Waals surface area contributed by atoms with Crippen LogP contribution in [0.2, 0.25) is 0 Å². The molecule has 7 nitrogen and oxygen atoms in total. The third kappa shape index (κ3) is 5.26. The zero-order valence-electron chi connectivity index (χ0n) is 15.1. The van der Waals surface area contributed by atoms with Crippen molar-refractivity contribution in [2.75, 3.05) is 26.4 Å². The summed E-state index contributed by atoms with van der Waals surface area (Å²) >= 11 is 0. The van der Waals surface area contributed by atoms with E-state index in [9.17, 15) is 4.79 Å². The Morgan fingerprint density at radius 1 is 1.12 bits per heavy atom. The van der Waals surface area contributed by atoms with E-state index < -0.39 is 17.5 Å². The van der Waals surface area contributed by atoms with Crippen LogP contribution in [0.5, 0.6) is 0 Å². The highest BCUT2D eigenvalue weighted by atomic mass is 16.8. The summed E-state index contributed by atoms with van der Waals surface area (Å²) < 4.78 is 33.9. The first-order valence-electron chi connectivity index (χ1n) is 8.17. The number of hydrogen-bond donors (Lipinski definition) is 0. The lowest BCUT2D eigenvalue weighted by Crippen LogP contribution is -2.40. The summed E-state index contributed by atoms with van der Waals surface area (Å²) in [5, 5.41) is 0. The molecule has 24 heavy (non-hydrogen) atoms. The molecule has 0 radical (unpaired) electrons. The first-order chi connectivity index (χ1) is 11.1. The topological polar surface area (TPSA) is 72.5 Å². The lowest BCUT2D eigenvalue weighted by Gasteiger charge is -2.23. The summed E-state index contributed by atoms with van der Waals surface area (Å²) in [5.74, 6) is -1.75. The van der Waals surface area contributed by atoms with Crippen molar-refractivity contribution in [1.29, 1.82) is 0 Å². The fourth-order valence-electron chi connectivity index (χ4n) is 2.70. The van der Waals surface area contributed by atoms with E-state index in [0.717, 1.165) is 0 Å². The van der Waals surface area contributed by atoms with Crippen molar-refractivity contribution in [3.05, 3.63) is 12.2 Å². The van der Waals surface area contributed by atoms with E-state index in [-0.39, 0.29) is 31.5 Å². The number of hydrogen-bond acceptors (Lipinski definition) is 7. The molecule has 0 aliphatic carbocycles. The van der Waals surface area contributed by atoms with E-state index in [1.165, 1.54) is 0 Å². The van der Waals surface area contributed by atoms with E-state index in [1.54, 1.807) is 6.92 Å². The van der Waals surface area contributed by atoms with Gasteiger partial charge in [0.2, 0.25) is 0 Å². The summed E-state index contributed by atoms with van der Waals surface area (Å²) in [6.07, 6.45) is -0.768. The number of carbonyl (C=O) groups is 1. The van der Waals surface area contributed by atoms with E-state index in [4.69, 9.17) is 28.4 Å². The molecule has 3 atom stereocenters. The molecule has 2 fully saturated rings. The van der Waals surface area contributed by atoms with Gasteiger partial charge in [-0.3, -0.25) is 0 Å². The molecular formula is C17H28O7. The van der Waals surface area contributed by atoms with Crippen LogP contribution < -0.4 is 0 Å². The minimum Gasteiger partial charge on any atom is -0.460 e. The first-order valence-corrected chi connectivity index (χ1v) is 8.17. The fourth-order valence-corrected chi connectivity index (χ4v) is 2.70. The highest BCUT2D eigenvalue weighted by Crippen LogP contribution is 2.35. The predicted octanol–water partition coefficient (Wildman–Crippen LogP) is 1.79. The molecule has 7 heteroatoms. The minimum absolute atomic E-state index is 0.170. The Bertz CT molecular complexity index is 472. The maximum Gasteiger partial charge on any atom is 0.333 e. The van der Waals surface area contributed by atoms with Gasteiger partial charge in [-0.05, 0) is 34.6 Å². The minimum atomic E-state index is -0.707. The Labute approximate surface area is 143 Å². The number of ether oxygens (including phenoxy) is 6. The van der Waals surface area contributed by atoms with Crippen molar-refractivity contribution in [2.24, 2.45) is 0 Å². The molecule has 0 spiro atoms. The molecule has 0 aromatic heterocycles. The summed E-state index contributed by atoms with van der Waals surface area (Å²) in [6, 6.07) is 0. The lowest BCUT2D eigenvalue weighted by molar-refractivity contribution is -0.175. The third-order valence-corrected chi connectivity index (χ3v) is 3.71. The summed E-state index contributed by atoms with van der Waals surface area (Å²) in [7, 11) is 0.